The number of carbonyl (C=O) groups excluding carboxylic acids is 2. The second-order valence-electron chi connectivity index (χ2n) is 15.2. The molecule has 0 saturated carbocycles. The monoisotopic (exact) mass is 756 g/mol. The van der Waals surface area contributed by atoms with Crippen LogP contribution >= 0.6 is 0 Å². The van der Waals surface area contributed by atoms with Crippen LogP contribution in [0.5, 0.6) is 0 Å². The average Bonchev–Trinajstić information content (AvgIpc) is 3.16. The minimum Gasteiger partial charge on any atom is -0.461 e. The zero-order valence-corrected chi connectivity index (χ0v) is 35.3. The van der Waals surface area contributed by atoms with Crippen molar-refractivity contribution in [2.24, 2.45) is 0 Å². The minimum absolute atomic E-state index is 0.0178. The number of rotatable bonds is 39. The molecular formula is C48H85NO5. The van der Waals surface area contributed by atoms with Gasteiger partial charge in [0.05, 0.1) is 25.2 Å². The van der Waals surface area contributed by atoms with Crippen molar-refractivity contribution in [3.8, 4) is 0 Å². The van der Waals surface area contributed by atoms with Crippen LogP contribution in [0.1, 0.15) is 207 Å². The zero-order valence-electron chi connectivity index (χ0n) is 35.3. The number of nitrogens with one attached hydrogen (secondary N) is 1. The Morgan fingerprint density at radius 3 is 1.41 bits per heavy atom. The van der Waals surface area contributed by atoms with Crippen molar-refractivity contribution >= 4 is 11.9 Å². The molecule has 0 rings (SSSR count). The predicted molar refractivity (Wildman–Crippen MR) is 232 cm³/mol. The van der Waals surface area contributed by atoms with E-state index < -0.39 is 18.2 Å². The second kappa shape index (κ2) is 41.7. The Balaban J connectivity index is 4.72. The first kappa shape index (κ1) is 51.6. The molecule has 0 aliphatic carbocycles. The number of hydrogen-bond donors (Lipinski definition) is 3. The van der Waals surface area contributed by atoms with Gasteiger partial charge in [-0.25, -0.2) is 0 Å². The van der Waals surface area contributed by atoms with E-state index in [-0.39, 0.29) is 24.9 Å². The molecule has 0 aromatic carbocycles. The van der Waals surface area contributed by atoms with Crippen molar-refractivity contribution in [1.29, 1.82) is 0 Å². The molecule has 0 radical (unpaired) electrons. The van der Waals surface area contributed by atoms with Crippen LogP contribution in [0.2, 0.25) is 0 Å². The normalized spacial score (nSPS) is 13.9. The Hall–Kier alpha value is -2.44. The molecule has 0 heterocycles. The van der Waals surface area contributed by atoms with Gasteiger partial charge in [-0.15, -0.1) is 0 Å². The second-order valence-corrected chi connectivity index (χ2v) is 15.2. The molecule has 6 heteroatoms. The summed E-state index contributed by atoms with van der Waals surface area (Å²) in [7, 11) is 0. The third kappa shape index (κ3) is 36.5. The maximum atomic E-state index is 13.1. The summed E-state index contributed by atoms with van der Waals surface area (Å²) in [4.78, 5) is 25.9. The number of ether oxygens (including phenoxy) is 1. The van der Waals surface area contributed by atoms with Crippen LogP contribution in [-0.2, 0) is 14.3 Å². The van der Waals surface area contributed by atoms with E-state index in [1.807, 2.05) is 54.7 Å². The molecule has 3 atom stereocenters. The lowest BCUT2D eigenvalue weighted by atomic mass is 10.0. The van der Waals surface area contributed by atoms with Crippen molar-refractivity contribution in [2.45, 2.75) is 225 Å². The van der Waals surface area contributed by atoms with Crippen LogP contribution in [0.15, 0.2) is 60.8 Å². The van der Waals surface area contributed by atoms with E-state index in [0.717, 1.165) is 44.9 Å². The van der Waals surface area contributed by atoms with Gasteiger partial charge in [0, 0.05) is 12.8 Å². The lowest BCUT2D eigenvalue weighted by molar-refractivity contribution is -0.150. The number of esters is 1. The predicted octanol–water partition coefficient (Wildman–Crippen LogP) is 12.9. The number of allylic oxidation sites excluding steroid dienone is 9. The van der Waals surface area contributed by atoms with E-state index >= 15 is 0 Å². The number of hydrogen-bond acceptors (Lipinski definition) is 5. The highest BCUT2D eigenvalue weighted by Gasteiger charge is 2.23. The average molecular weight is 756 g/mol. The third-order valence-corrected chi connectivity index (χ3v) is 9.99. The molecule has 3 N–H and O–H groups in total. The van der Waals surface area contributed by atoms with Crippen LogP contribution in [-0.4, -0.2) is 46.9 Å². The van der Waals surface area contributed by atoms with Gasteiger partial charge >= 0.3 is 5.97 Å². The summed E-state index contributed by atoms with van der Waals surface area (Å²) in [5.74, 6) is -0.608. The summed E-state index contributed by atoms with van der Waals surface area (Å²) in [6, 6.07) is -0.737. The summed E-state index contributed by atoms with van der Waals surface area (Å²) < 4.78 is 5.81. The molecule has 0 aromatic heterocycles. The molecule has 54 heavy (non-hydrogen) atoms. The zero-order chi connectivity index (χ0) is 39.6. The fourth-order valence-electron chi connectivity index (χ4n) is 6.57. The van der Waals surface area contributed by atoms with E-state index in [2.05, 4.69) is 32.2 Å². The highest BCUT2D eigenvalue weighted by atomic mass is 16.5. The van der Waals surface area contributed by atoms with Gasteiger partial charge in [0.15, 0.2) is 0 Å². The number of amides is 1. The summed E-state index contributed by atoms with van der Waals surface area (Å²) in [5.41, 5.74) is 0. The molecule has 3 unspecified atom stereocenters. The molecular weight excluding hydrogens is 671 g/mol. The lowest BCUT2D eigenvalue weighted by Crippen LogP contribution is -2.46. The van der Waals surface area contributed by atoms with E-state index in [4.69, 9.17) is 4.74 Å². The SMILES string of the molecule is CC/C=C/C=C/C=C\C=C/C=C/CC(CC(=O)NC(CO)C(O)CCCCCCCCCCCCC)OC(=O)CCCCCCCCCCCCCCC. The number of carbonyl (C=O) groups is 2. The molecule has 312 valence electrons. The summed E-state index contributed by atoms with van der Waals surface area (Å²) in [6.45, 7) is 6.27. The molecule has 6 nitrogen and oxygen atoms in total. The molecule has 0 aliphatic rings. The number of aliphatic hydroxyl groups excluding tert-OH is 2. The van der Waals surface area contributed by atoms with Gasteiger partial charge in [0.2, 0.25) is 5.91 Å². The molecule has 0 saturated heterocycles. The van der Waals surface area contributed by atoms with Crippen LogP contribution in [0, 0.1) is 0 Å². The van der Waals surface area contributed by atoms with Crippen LogP contribution < -0.4 is 5.32 Å². The molecule has 1 amide bonds. The maximum absolute atomic E-state index is 13.1. The Morgan fingerprint density at radius 2 is 0.963 bits per heavy atom. The minimum atomic E-state index is -0.815. The largest absolute Gasteiger partial charge is 0.461 e. The van der Waals surface area contributed by atoms with Crippen LogP contribution in [0.25, 0.3) is 0 Å². The van der Waals surface area contributed by atoms with Gasteiger partial charge < -0.3 is 20.3 Å². The molecule has 0 aliphatic heterocycles. The van der Waals surface area contributed by atoms with Crippen LogP contribution in [0.3, 0.4) is 0 Å². The summed E-state index contributed by atoms with van der Waals surface area (Å²) in [5, 5.41) is 23.5. The Labute approximate surface area is 333 Å². The molecule has 0 aromatic rings. The standard InChI is InChI=1S/C48H85NO5/c1-4-7-10-13-16-19-22-23-26-29-32-35-38-41-48(53)54-44(39-36-33-30-27-24-20-17-14-11-8-5-2)42-47(52)49-45(43-50)46(51)40-37-34-31-28-25-21-18-15-12-9-6-3/h8,11,14,17,20,24,27,30,33,36,44-46,50-51H,4-7,9-10,12-13,15-16,18-19,21-23,25-26,28-29,31-32,34-35,37-43H2,1-3H3,(H,49,52)/b11-8+,17-14+,24-20-,30-27-,36-33+. The smallest absolute Gasteiger partial charge is 0.306 e. The van der Waals surface area contributed by atoms with Crippen molar-refractivity contribution in [1.82, 2.24) is 5.32 Å². The summed E-state index contributed by atoms with van der Waals surface area (Å²) in [6.07, 6.45) is 50.2. The quantitative estimate of drug-likeness (QED) is 0.0330. The van der Waals surface area contributed by atoms with Gasteiger partial charge in [0.25, 0.3) is 0 Å². The van der Waals surface area contributed by atoms with E-state index in [0.29, 0.717) is 19.3 Å². The highest BCUT2D eigenvalue weighted by molar-refractivity contribution is 5.77. The molecule has 0 bridgehead atoms. The van der Waals surface area contributed by atoms with E-state index in [9.17, 15) is 19.8 Å². The first-order valence-corrected chi connectivity index (χ1v) is 22.6. The topological polar surface area (TPSA) is 95.9 Å². The van der Waals surface area contributed by atoms with Crippen molar-refractivity contribution in [3.05, 3.63) is 60.8 Å². The van der Waals surface area contributed by atoms with Crippen LogP contribution in [0.4, 0.5) is 0 Å². The van der Waals surface area contributed by atoms with E-state index in [1.54, 1.807) is 0 Å². The van der Waals surface area contributed by atoms with Crippen molar-refractivity contribution in [2.75, 3.05) is 6.61 Å². The van der Waals surface area contributed by atoms with Gasteiger partial charge in [-0.05, 0) is 19.3 Å². The fraction of sp³-hybridized carbons (Fsp3) is 0.750. The first-order chi connectivity index (χ1) is 26.5. The van der Waals surface area contributed by atoms with E-state index in [1.165, 1.54) is 116 Å². The lowest BCUT2D eigenvalue weighted by Gasteiger charge is -2.24. The molecule has 0 fully saturated rings. The first-order valence-electron chi connectivity index (χ1n) is 22.6. The van der Waals surface area contributed by atoms with Gasteiger partial charge in [-0.1, -0.05) is 229 Å². The number of aliphatic hydroxyl groups is 2. The van der Waals surface area contributed by atoms with Gasteiger partial charge in [-0.3, -0.25) is 9.59 Å². The highest BCUT2D eigenvalue weighted by Crippen LogP contribution is 2.16. The third-order valence-electron chi connectivity index (χ3n) is 9.99. The van der Waals surface area contributed by atoms with Crippen molar-refractivity contribution in [3.63, 3.8) is 0 Å². The van der Waals surface area contributed by atoms with Gasteiger partial charge in [-0.2, -0.15) is 0 Å². The number of unbranched alkanes of at least 4 members (excludes halogenated alkanes) is 22. The Bertz CT molecular complexity index is 984. The summed E-state index contributed by atoms with van der Waals surface area (Å²) >= 11 is 0. The Kier molecular flexibility index (Phi) is 39.8. The molecule has 0 spiro atoms. The van der Waals surface area contributed by atoms with Crippen molar-refractivity contribution < 1.29 is 24.5 Å². The van der Waals surface area contributed by atoms with Gasteiger partial charge in [0.1, 0.15) is 6.10 Å². The Morgan fingerprint density at radius 1 is 0.556 bits per heavy atom. The fourth-order valence-corrected chi connectivity index (χ4v) is 6.57. The maximum Gasteiger partial charge on any atom is 0.306 e.